The molecule has 134 valence electrons. The van der Waals surface area contributed by atoms with Crippen LogP contribution in [0.4, 0.5) is 5.69 Å². The number of halogens is 1. The average molecular weight is 416 g/mol. The van der Waals surface area contributed by atoms with Gasteiger partial charge in [-0.05, 0) is 46.6 Å². The Labute approximate surface area is 160 Å². The van der Waals surface area contributed by atoms with E-state index in [-0.39, 0.29) is 5.91 Å². The zero-order valence-electron chi connectivity index (χ0n) is 14.7. The highest BCUT2D eigenvalue weighted by molar-refractivity contribution is 9.10. The van der Waals surface area contributed by atoms with Gasteiger partial charge in [0.2, 0.25) is 0 Å². The van der Waals surface area contributed by atoms with Crippen molar-refractivity contribution in [3.05, 3.63) is 52.0 Å². The molecule has 0 atom stereocenters. The number of fused-ring (bicyclic) bond motifs is 1. The number of likely N-dealkylation sites (N-methyl/N-ethyl adjacent to an activating group) is 1. The van der Waals surface area contributed by atoms with Gasteiger partial charge in [0.05, 0.1) is 30.1 Å². The minimum absolute atomic E-state index is 0.172. The molecule has 1 heterocycles. The number of nitrogens with zero attached hydrogens (tertiary/aromatic N) is 3. The Bertz CT molecular complexity index is 909. The third kappa shape index (κ3) is 3.35. The fourth-order valence-electron chi connectivity index (χ4n) is 2.72. The van der Waals surface area contributed by atoms with E-state index in [0.29, 0.717) is 23.8 Å². The summed E-state index contributed by atoms with van der Waals surface area (Å²) in [4.78, 5) is 13.9. The van der Waals surface area contributed by atoms with E-state index in [0.717, 1.165) is 21.3 Å². The van der Waals surface area contributed by atoms with E-state index in [1.54, 1.807) is 25.3 Å². The largest absolute Gasteiger partial charge is 0.492 e. The van der Waals surface area contributed by atoms with E-state index in [9.17, 15) is 4.79 Å². The summed E-state index contributed by atoms with van der Waals surface area (Å²) in [5.74, 6) is 1.06. The van der Waals surface area contributed by atoms with Crippen LogP contribution in [0.2, 0.25) is 0 Å². The van der Waals surface area contributed by atoms with Crippen LogP contribution < -0.4 is 14.4 Å². The Balaban J connectivity index is 1.91. The normalized spacial score (nSPS) is 15.0. The summed E-state index contributed by atoms with van der Waals surface area (Å²) in [6, 6.07) is 11.2. The van der Waals surface area contributed by atoms with Gasteiger partial charge in [0, 0.05) is 12.6 Å². The van der Waals surface area contributed by atoms with Crippen molar-refractivity contribution < 1.29 is 14.3 Å². The summed E-state index contributed by atoms with van der Waals surface area (Å²) in [5, 5.41) is 8.25. The van der Waals surface area contributed by atoms with E-state index >= 15 is 0 Å². The Morgan fingerprint density at radius 2 is 2.04 bits per heavy atom. The van der Waals surface area contributed by atoms with Crippen molar-refractivity contribution in [3.63, 3.8) is 0 Å². The molecule has 7 heteroatoms. The van der Waals surface area contributed by atoms with Crippen LogP contribution in [0.3, 0.4) is 0 Å². The molecule has 0 aromatic heterocycles. The maximum atomic E-state index is 12.4. The first-order valence-corrected chi connectivity index (χ1v) is 8.85. The number of para-hydroxylation sites is 1. The molecule has 1 aliphatic rings. The quantitative estimate of drug-likeness (QED) is 0.552. The first-order valence-electron chi connectivity index (χ1n) is 8.05. The summed E-state index contributed by atoms with van der Waals surface area (Å²) in [5.41, 5.74) is 2.72. The second-order valence-electron chi connectivity index (χ2n) is 5.54. The predicted octanol–water partition coefficient (Wildman–Crippen LogP) is 3.66. The number of ether oxygens (including phenoxy) is 2. The number of hydrogen-bond acceptors (Lipinski definition) is 5. The summed E-state index contributed by atoms with van der Waals surface area (Å²) in [6.07, 6.45) is 1.58. The average Bonchev–Trinajstić information content (AvgIpc) is 2.87. The number of benzene rings is 2. The third-order valence-corrected chi connectivity index (χ3v) is 4.52. The lowest BCUT2D eigenvalue weighted by atomic mass is 10.1. The van der Waals surface area contributed by atoms with Crippen molar-refractivity contribution in [1.29, 1.82) is 0 Å². The highest BCUT2D eigenvalue weighted by atomic mass is 79.9. The van der Waals surface area contributed by atoms with Gasteiger partial charge in [0.15, 0.2) is 17.2 Å². The fourth-order valence-corrected chi connectivity index (χ4v) is 3.34. The van der Waals surface area contributed by atoms with Gasteiger partial charge in [-0.25, -0.2) is 0 Å². The van der Waals surface area contributed by atoms with E-state index in [2.05, 4.69) is 26.1 Å². The summed E-state index contributed by atoms with van der Waals surface area (Å²) < 4.78 is 11.7. The van der Waals surface area contributed by atoms with Gasteiger partial charge in [0.25, 0.3) is 5.91 Å². The molecule has 1 amide bonds. The predicted molar refractivity (Wildman–Crippen MR) is 106 cm³/mol. The highest BCUT2D eigenvalue weighted by Gasteiger charge is 2.30. The van der Waals surface area contributed by atoms with Crippen LogP contribution in [-0.2, 0) is 4.79 Å². The summed E-state index contributed by atoms with van der Waals surface area (Å²) in [7, 11) is 3.31. The van der Waals surface area contributed by atoms with Crippen LogP contribution in [0, 0.1) is 0 Å². The first kappa shape index (κ1) is 18.1. The van der Waals surface area contributed by atoms with Crippen molar-refractivity contribution in [3.8, 4) is 11.5 Å². The minimum Gasteiger partial charge on any atom is -0.492 e. The maximum absolute atomic E-state index is 12.4. The zero-order valence-corrected chi connectivity index (χ0v) is 16.3. The molecule has 0 N–H and O–H groups in total. The second-order valence-corrected chi connectivity index (χ2v) is 6.40. The molecule has 0 saturated heterocycles. The number of carbonyl (C=O) groups is 1. The lowest BCUT2D eigenvalue weighted by Crippen LogP contribution is -2.25. The van der Waals surface area contributed by atoms with Gasteiger partial charge in [-0.15, -0.1) is 5.10 Å². The molecule has 6 nitrogen and oxygen atoms in total. The molecule has 0 radical (unpaired) electrons. The third-order valence-electron chi connectivity index (χ3n) is 3.93. The number of amides is 1. The van der Waals surface area contributed by atoms with Gasteiger partial charge < -0.3 is 14.4 Å². The topological polar surface area (TPSA) is 63.5 Å². The molecule has 0 aliphatic carbocycles. The molecule has 2 aromatic carbocycles. The van der Waals surface area contributed by atoms with Gasteiger partial charge in [-0.1, -0.05) is 18.2 Å². The van der Waals surface area contributed by atoms with Gasteiger partial charge >= 0.3 is 0 Å². The van der Waals surface area contributed by atoms with E-state index < -0.39 is 0 Å². The molecule has 3 rings (SSSR count). The minimum atomic E-state index is -0.172. The van der Waals surface area contributed by atoms with Crippen LogP contribution >= 0.6 is 15.9 Å². The van der Waals surface area contributed by atoms with E-state index in [1.165, 1.54) is 0 Å². The molecular weight excluding hydrogens is 398 g/mol. The van der Waals surface area contributed by atoms with Crippen LogP contribution in [-0.4, -0.2) is 38.6 Å². The number of rotatable bonds is 5. The van der Waals surface area contributed by atoms with Crippen LogP contribution in [0.1, 0.15) is 18.1 Å². The highest BCUT2D eigenvalue weighted by Crippen LogP contribution is 2.36. The van der Waals surface area contributed by atoms with Crippen LogP contribution in [0.5, 0.6) is 11.5 Å². The van der Waals surface area contributed by atoms with E-state index in [1.807, 2.05) is 43.3 Å². The van der Waals surface area contributed by atoms with Crippen molar-refractivity contribution in [2.45, 2.75) is 6.92 Å². The molecule has 0 spiro atoms. The van der Waals surface area contributed by atoms with E-state index in [4.69, 9.17) is 9.47 Å². The van der Waals surface area contributed by atoms with Gasteiger partial charge in [-0.2, -0.15) is 5.10 Å². The Kier molecular flexibility index (Phi) is 5.37. The van der Waals surface area contributed by atoms with Crippen molar-refractivity contribution in [2.24, 2.45) is 10.2 Å². The maximum Gasteiger partial charge on any atom is 0.279 e. The second kappa shape index (κ2) is 7.70. The number of hydrogen-bond donors (Lipinski definition) is 0. The van der Waals surface area contributed by atoms with Crippen molar-refractivity contribution >= 4 is 39.5 Å². The molecule has 0 fully saturated rings. The Morgan fingerprint density at radius 1 is 1.27 bits per heavy atom. The number of carbonyl (C=O) groups excluding carboxylic acids is 1. The lowest BCUT2D eigenvalue weighted by molar-refractivity contribution is -0.111. The smallest absolute Gasteiger partial charge is 0.279 e. The van der Waals surface area contributed by atoms with Crippen molar-refractivity contribution in [1.82, 2.24) is 0 Å². The first-order chi connectivity index (χ1) is 12.6. The lowest BCUT2D eigenvalue weighted by Gasteiger charge is -2.11. The fraction of sp³-hybridized carbons (Fsp3) is 0.211. The Morgan fingerprint density at radius 3 is 2.77 bits per heavy atom. The molecule has 0 bridgehead atoms. The number of anilines is 1. The van der Waals surface area contributed by atoms with Crippen molar-refractivity contribution in [2.75, 3.05) is 25.7 Å². The van der Waals surface area contributed by atoms with Gasteiger partial charge in [-0.3, -0.25) is 4.79 Å². The molecule has 1 aliphatic heterocycles. The SMILES string of the molecule is CCOc1cc(/C=N\N=C2/C(=O)N(C)c3ccccc32)cc(Br)c1OC. The summed E-state index contributed by atoms with van der Waals surface area (Å²) >= 11 is 3.46. The molecule has 0 unspecified atom stereocenters. The molecule has 0 saturated carbocycles. The monoisotopic (exact) mass is 415 g/mol. The zero-order chi connectivity index (χ0) is 18.7. The molecule has 26 heavy (non-hydrogen) atoms. The Hall–Kier alpha value is -2.67. The van der Waals surface area contributed by atoms with Crippen LogP contribution in [0.15, 0.2) is 51.1 Å². The van der Waals surface area contributed by atoms with Gasteiger partial charge in [0.1, 0.15) is 0 Å². The molecular formula is C19H18BrN3O3. The standard InChI is InChI=1S/C19H18BrN3O3/c1-4-26-16-10-12(9-14(20)18(16)25-3)11-21-22-17-13-7-5-6-8-15(13)23(2)19(17)24/h5-11H,4H2,1-3H3/b21-11-,22-17-. The summed E-state index contributed by atoms with van der Waals surface area (Å²) in [6.45, 7) is 2.42. The van der Waals surface area contributed by atoms with Crippen LogP contribution in [0.25, 0.3) is 0 Å². The molecule has 2 aromatic rings. The number of methoxy groups -OCH3 is 1.